The van der Waals surface area contributed by atoms with Crippen molar-refractivity contribution in [3.63, 3.8) is 0 Å². The number of allylic oxidation sites excluding steroid dienone is 2. The molecule has 1 N–H and O–H groups in total. The molecule has 0 unspecified atom stereocenters. The summed E-state index contributed by atoms with van der Waals surface area (Å²) in [5.41, 5.74) is 0. The Balaban J connectivity index is 3.16. The van der Waals surface area contributed by atoms with E-state index in [4.69, 9.17) is 5.11 Å². The van der Waals surface area contributed by atoms with Gasteiger partial charge >= 0.3 is 0 Å². The first-order chi connectivity index (χ1) is 4.81. The number of hydrogen-bond acceptors (Lipinski definition) is 1. The van der Waals surface area contributed by atoms with Crippen molar-refractivity contribution in [1.82, 2.24) is 0 Å². The molecule has 0 aromatic heterocycles. The molecule has 0 bridgehead atoms. The monoisotopic (exact) mass is 142 g/mol. The van der Waals surface area contributed by atoms with Gasteiger partial charge in [-0.2, -0.15) is 0 Å². The average Bonchev–Trinajstić information content (AvgIpc) is 1.98. The van der Waals surface area contributed by atoms with E-state index >= 15 is 0 Å². The zero-order chi connectivity index (χ0) is 7.82. The molecule has 0 aliphatic carbocycles. The third-order valence-corrected chi connectivity index (χ3v) is 1.47. The number of aliphatic hydroxyl groups is 1. The minimum Gasteiger partial charge on any atom is -0.396 e. The highest BCUT2D eigenvalue weighted by atomic mass is 16.3. The van der Waals surface area contributed by atoms with Crippen LogP contribution in [-0.2, 0) is 0 Å². The van der Waals surface area contributed by atoms with Gasteiger partial charge in [-0.05, 0) is 18.8 Å². The van der Waals surface area contributed by atoms with Gasteiger partial charge in [-0.15, -0.1) is 0 Å². The van der Waals surface area contributed by atoms with E-state index in [1.165, 1.54) is 6.42 Å². The third-order valence-electron chi connectivity index (χ3n) is 1.47. The van der Waals surface area contributed by atoms with Crippen molar-refractivity contribution in [2.24, 2.45) is 5.92 Å². The van der Waals surface area contributed by atoms with Gasteiger partial charge in [0.1, 0.15) is 0 Å². The molecule has 0 saturated carbocycles. The largest absolute Gasteiger partial charge is 0.396 e. The van der Waals surface area contributed by atoms with E-state index in [1.807, 2.05) is 0 Å². The molecule has 60 valence electrons. The van der Waals surface area contributed by atoms with Crippen molar-refractivity contribution in [3.8, 4) is 0 Å². The Morgan fingerprint density at radius 3 is 2.60 bits per heavy atom. The van der Waals surface area contributed by atoms with Gasteiger partial charge in [-0.1, -0.05) is 32.4 Å². The van der Waals surface area contributed by atoms with Gasteiger partial charge in [0.15, 0.2) is 0 Å². The molecule has 0 aromatic carbocycles. The lowest BCUT2D eigenvalue weighted by molar-refractivity contribution is 0.239. The van der Waals surface area contributed by atoms with Crippen LogP contribution in [0.1, 0.15) is 33.1 Å². The summed E-state index contributed by atoms with van der Waals surface area (Å²) in [6, 6.07) is 0. The van der Waals surface area contributed by atoms with E-state index in [-0.39, 0.29) is 0 Å². The molecule has 0 fully saturated rings. The van der Waals surface area contributed by atoms with Gasteiger partial charge in [-0.3, -0.25) is 0 Å². The number of aliphatic hydroxyl groups excluding tert-OH is 1. The second kappa shape index (κ2) is 6.81. The molecule has 0 aliphatic heterocycles. The van der Waals surface area contributed by atoms with E-state index in [9.17, 15) is 0 Å². The zero-order valence-corrected chi connectivity index (χ0v) is 7.01. The fraction of sp³-hybridized carbons (Fsp3) is 0.778. The Morgan fingerprint density at radius 1 is 1.40 bits per heavy atom. The zero-order valence-electron chi connectivity index (χ0n) is 7.01. The van der Waals surface area contributed by atoms with E-state index in [1.54, 1.807) is 0 Å². The van der Waals surface area contributed by atoms with Gasteiger partial charge < -0.3 is 5.11 Å². The van der Waals surface area contributed by atoms with Gasteiger partial charge in [-0.25, -0.2) is 0 Å². The van der Waals surface area contributed by atoms with Gasteiger partial charge in [0, 0.05) is 6.61 Å². The summed E-state index contributed by atoms with van der Waals surface area (Å²) in [7, 11) is 0. The molecular weight excluding hydrogens is 124 g/mol. The summed E-state index contributed by atoms with van der Waals surface area (Å²) in [5.74, 6) is 0.424. The Bertz CT molecular complexity index is 86.7. The maximum atomic E-state index is 8.66. The molecule has 0 radical (unpaired) electrons. The molecule has 1 nitrogen and oxygen atoms in total. The van der Waals surface area contributed by atoms with Crippen LogP contribution in [0.25, 0.3) is 0 Å². The van der Waals surface area contributed by atoms with E-state index in [0.717, 1.165) is 12.8 Å². The van der Waals surface area contributed by atoms with Crippen LogP contribution in [0.2, 0.25) is 0 Å². The van der Waals surface area contributed by atoms with Crippen molar-refractivity contribution >= 4 is 0 Å². The first-order valence-corrected chi connectivity index (χ1v) is 4.07. The maximum Gasteiger partial charge on any atom is 0.0459 e. The predicted octanol–water partition coefficient (Wildman–Crippen LogP) is 2.36. The summed E-state index contributed by atoms with van der Waals surface area (Å²) < 4.78 is 0. The number of unbranched alkanes of at least 4 members (excludes halogenated alkanes) is 1. The quantitative estimate of drug-likeness (QED) is 0.584. The summed E-state index contributed by atoms with van der Waals surface area (Å²) in [6.07, 6.45) is 7.73. The van der Waals surface area contributed by atoms with Gasteiger partial charge in [0.2, 0.25) is 0 Å². The number of rotatable bonds is 5. The molecule has 0 saturated heterocycles. The lowest BCUT2D eigenvalue weighted by Gasteiger charge is -2.00. The van der Waals surface area contributed by atoms with Crippen LogP contribution < -0.4 is 0 Å². The fourth-order valence-corrected chi connectivity index (χ4v) is 0.688. The van der Waals surface area contributed by atoms with E-state index in [0.29, 0.717) is 12.5 Å². The Labute approximate surface area is 63.8 Å². The van der Waals surface area contributed by atoms with Crippen molar-refractivity contribution in [3.05, 3.63) is 12.2 Å². The normalized spacial score (nSPS) is 14.3. The molecule has 1 atom stereocenters. The first kappa shape index (κ1) is 9.70. The predicted molar refractivity (Wildman–Crippen MR) is 44.9 cm³/mol. The van der Waals surface area contributed by atoms with Crippen LogP contribution in [0.15, 0.2) is 12.2 Å². The topological polar surface area (TPSA) is 20.2 Å². The highest BCUT2D eigenvalue weighted by Crippen LogP contribution is 2.01. The lowest BCUT2D eigenvalue weighted by Crippen LogP contribution is -1.97. The van der Waals surface area contributed by atoms with Crippen LogP contribution in [0, 0.1) is 5.92 Å². The second-order valence-electron chi connectivity index (χ2n) is 2.78. The van der Waals surface area contributed by atoms with Crippen LogP contribution >= 0.6 is 0 Å². The van der Waals surface area contributed by atoms with Crippen molar-refractivity contribution in [2.45, 2.75) is 33.1 Å². The molecule has 10 heavy (non-hydrogen) atoms. The average molecular weight is 142 g/mol. The molecule has 0 aliphatic rings. The molecule has 0 spiro atoms. The molecule has 0 rings (SSSR count). The summed E-state index contributed by atoms with van der Waals surface area (Å²) >= 11 is 0. The SMILES string of the molecule is CCC/C=C\C[C@@H](C)CO. The van der Waals surface area contributed by atoms with Crippen molar-refractivity contribution < 1.29 is 5.11 Å². The highest BCUT2D eigenvalue weighted by Gasteiger charge is 1.93. The van der Waals surface area contributed by atoms with Crippen LogP contribution in [0.3, 0.4) is 0 Å². The Kier molecular flexibility index (Phi) is 6.61. The van der Waals surface area contributed by atoms with Crippen LogP contribution in [-0.4, -0.2) is 11.7 Å². The summed E-state index contributed by atoms with van der Waals surface area (Å²) in [6.45, 7) is 4.52. The molecule has 0 aromatic rings. The first-order valence-electron chi connectivity index (χ1n) is 4.07. The number of hydrogen-bond donors (Lipinski definition) is 1. The van der Waals surface area contributed by atoms with Crippen LogP contribution in [0.4, 0.5) is 0 Å². The lowest BCUT2D eigenvalue weighted by atomic mass is 10.1. The fourth-order valence-electron chi connectivity index (χ4n) is 0.688. The summed E-state index contributed by atoms with van der Waals surface area (Å²) in [5, 5.41) is 8.66. The Hall–Kier alpha value is -0.300. The molecule has 0 heterocycles. The van der Waals surface area contributed by atoms with Gasteiger partial charge in [0.05, 0.1) is 0 Å². The molecule has 0 amide bonds. The van der Waals surface area contributed by atoms with Crippen LogP contribution in [0.5, 0.6) is 0 Å². The van der Waals surface area contributed by atoms with E-state index in [2.05, 4.69) is 26.0 Å². The van der Waals surface area contributed by atoms with Crippen molar-refractivity contribution in [1.29, 1.82) is 0 Å². The smallest absolute Gasteiger partial charge is 0.0459 e. The highest BCUT2D eigenvalue weighted by molar-refractivity contribution is 4.82. The van der Waals surface area contributed by atoms with Crippen molar-refractivity contribution in [2.75, 3.05) is 6.61 Å². The van der Waals surface area contributed by atoms with E-state index < -0.39 is 0 Å². The second-order valence-corrected chi connectivity index (χ2v) is 2.78. The minimum atomic E-state index is 0.302. The Morgan fingerprint density at radius 2 is 2.10 bits per heavy atom. The molecular formula is C9H18O. The minimum absolute atomic E-state index is 0.302. The van der Waals surface area contributed by atoms with Gasteiger partial charge in [0.25, 0.3) is 0 Å². The maximum absolute atomic E-state index is 8.66. The standard InChI is InChI=1S/C9H18O/c1-3-4-5-6-7-9(2)8-10/h5-6,9-10H,3-4,7-8H2,1-2H3/b6-5-/t9-/m1/s1. The third kappa shape index (κ3) is 5.83. The molecule has 1 heteroatoms. The summed E-state index contributed by atoms with van der Waals surface area (Å²) in [4.78, 5) is 0.